The first-order valence-corrected chi connectivity index (χ1v) is 9.31. The van der Waals surface area contributed by atoms with Crippen molar-refractivity contribution >= 4 is 21.6 Å². The molecule has 2 bridgehead atoms. The summed E-state index contributed by atoms with van der Waals surface area (Å²) in [6, 6.07) is 4.80. The Morgan fingerprint density at radius 3 is 2.68 bits per heavy atom. The number of fused-ring (bicyclic) bond motifs is 2. The molecule has 3 rings (SSSR count). The molecule has 5 nitrogen and oxygen atoms in total. The van der Waals surface area contributed by atoms with Crippen molar-refractivity contribution in [2.75, 3.05) is 5.32 Å². The summed E-state index contributed by atoms with van der Waals surface area (Å²) < 4.78 is 23.0. The number of hydrogen-bond acceptors (Lipinski definition) is 3. The van der Waals surface area contributed by atoms with Crippen molar-refractivity contribution in [2.45, 2.75) is 43.9 Å². The highest BCUT2D eigenvalue weighted by Crippen LogP contribution is 2.49. The molecule has 2 aliphatic carbocycles. The summed E-state index contributed by atoms with van der Waals surface area (Å²) in [5.41, 5.74) is 1.07. The molecule has 3 atom stereocenters. The molecular formula is C16H22N2O3S. The van der Waals surface area contributed by atoms with E-state index in [1.165, 1.54) is 25.3 Å². The van der Waals surface area contributed by atoms with Gasteiger partial charge in [0.05, 0.1) is 4.90 Å². The Bertz CT molecular complexity index is 699. The number of benzene rings is 1. The number of primary sulfonamides is 1. The smallest absolute Gasteiger partial charge is 0.238 e. The number of anilines is 1. The van der Waals surface area contributed by atoms with E-state index in [2.05, 4.69) is 5.32 Å². The molecule has 0 unspecified atom stereocenters. The fourth-order valence-corrected chi connectivity index (χ4v) is 4.87. The third kappa shape index (κ3) is 3.17. The zero-order chi connectivity index (χ0) is 15.9. The van der Waals surface area contributed by atoms with E-state index in [9.17, 15) is 13.2 Å². The number of nitrogens with one attached hydrogen (secondary N) is 1. The number of aryl methyl sites for hydroxylation is 1. The van der Waals surface area contributed by atoms with Crippen LogP contribution in [0.2, 0.25) is 0 Å². The Labute approximate surface area is 131 Å². The van der Waals surface area contributed by atoms with Crippen molar-refractivity contribution in [1.29, 1.82) is 0 Å². The van der Waals surface area contributed by atoms with E-state index in [1.807, 2.05) is 0 Å². The number of hydrogen-bond donors (Lipinski definition) is 2. The van der Waals surface area contributed by atoms with Crippen molar-refractivity contribution in [3.8, 4) is 0 Å². The number of carbonyl (C=O) groups is 1. The molecule has 3 N–H and O–H groups in total. The third-order valence-electron chi connectivity index (χ3n) is 5.11. The maximum Gasteiger partial charge on any atom is 0.238 e. The lowest BCUT2D eigenvalue weighted by Gasteiger charge is -2.21. The van der Waals surface area contributed by atoms with E-state index in [4.69, 9.17) is 5.14 Å². The lowest BCUT2D eigenvalue weighted by atomic mass is 9.86. The van der Waals surface area contributed by atoms with Gasteiger partial charge >= 0.3 is 0 Å². The number of sulfonamides is 1. The zero-order valence-electron chi connectivity index (χ0n) is 12.7. The van der Waals surface area contributed by atoms with Gasteiger partial charge in [-0.05, 0) is 61.6 Å². The van der Waals surface area contributed by atoms with Gasteiger partial charge in [0.25, 0.3) is 0 Å². The first kappa shape index (κ1) is 15.5. The lowest BCUT2D eigenvalue weighted by molar-refractivity contribution is -0.117. The normalized spacial score (nSPS) is 27.1. The molecule has 0 heterocycles. The minimum absolute atomic E-state index is 0.0400. The molecule has 0 aliphatic heterocycles. The van der Waals surface area contributed by atoms with Crippen LogP contribution in [-0.2, 0) is 14.8 Å². The molecular weight excluding hydrogens is 300 g/mol. The van der Waals surface area contributed by atoms with Gasteiger partial charge < -0.3 is 5.32 Å². The summed E-state index contributed by atoms with van der Waals surface area (Å²) in [5, 5.41) is 8.00. The van der Waals surface area contributed by atoms with Crippen LogP contribution in [0, 0.1) is 24.7 Å². The summed E-state index contributed by atoms with van der Waals surface area (Å²) in [5.74, 6) is 1.97. The summed E-state index contributed by atoms with van der Waals surface area (Å²) >= 11 is 0. The highest BCUT2D eigenvalue weighted by atomic mass is 32.2. The summed E-state index contributed by atoms with van der Waals surface area (Å²) in [6.45, 7) is 1.68. The second-order valence-electron chi connectivity index (χ2n) is 6.71. The van der Waals surface area contributed by atoms with E-state index in [1.54, 1.807) is 19.1 Å². The molecule has 1 aromatic carbocycles. The average Bonchev–Trinajstić information content (AvgIpc) is 3.02. The molecule has 22 heavy (non-hydrogen) atoms. The Balaban J connectivity index is 1.67. The predicted octanol–water partition coefficient (Wildman–Crippen LogP) is 2.41. The molecule has 2 saturated carbocycles. The summed E-state index contributed by atoms with van der Waals surface area (Å²) in [7, 11) is -3.77. The minimum Gasteiger partial charge on any atom is -0.326 e. The van der Waals surface area contributed by atoms with Gasteiger partial charge in [-0.1, -0.05) is 12.5 Å². The molecule has 0 radical (unpaired) electrons. The van der Waals surface area contributed by atoms with Crippen LogP contribution >= 0.6 is 0 Å². The fraction of sp³-hybridized carbons (Fsp3) is 0.562. The molecule has 6 heteroatoms. The van der Waals surface area contributed by atoms with Crippen LogP contribution < -0.4 is 10.5 Å². The van der Waals surface area contributed by atoms with Gasteiger partial charge in [-0.2, -0.15) is 0 Å². The Kier molecular flexibility index (Phi) is 3.99. The molecule has 2 aliphatic rings. The molecule has 1 amide bonds. The van der Waals surface area contributed by atoms with Crippen molar-refractivity contribution in [3.05, 3.63) is 23.8 Å². The maximum absolute atomic E-state index is 12.2. The second-order valence-corrected chi connectivity index (χ2v) is 8.24. The predicted molar refractivity (Wildman–Crippen MR) is 84.7 cm³/mol. The van der Waals surface area contributed by atoms with Gasteiger partial charge in [0.2, 0.25) is 15.9 Å². The van der Waals surface area contributed by atoms with Gasteiger partial charge in [0.15, 0.2) is 0 Å². The van der Waals surface area contributed by atoms with E-state index < -0.39 is 10.0 Å². The van der Waals surface area contributed by atoms with Crippen molar-refractivity contribution in [2.24, 2.45) is 22.9 Å². The van der Waals surface area contributed by atoms with E-state index in [0.29, 0.717) is 29.5 Å². The van der Waals surface area contributed by atoms with Gasteiger partial charge in [-0.15, -0.1) is 0 Å². The Hall–Kier alpha value is -1.40. The molecule has 2 fully saturated rings. The maximum atomic E-state index is 12.2. The van der Waals surface area contributed by atoms with Crippen molar-refractivity contribution < 1.29 is 13.2 Å². The van der Waals surface area contributed by atoms with Crippen LogP contribution in [0.3, 0.4) is 0 Å². The molecule has 0 saturated heterocycles. The molecule has 0 aromatic heterocycles. The first-order valence-electron chi connectivity index (χ1n) is 7.76. The number of amides is 1. The van der Waals surface area contributed by atoms with E-state index in [-0.39, 0.29) is 10.8 Å². The van der Waals surface area contributed by atoms with Crippen LogP contribution in [0.25, 0.3) is 0 Å². The Morgan fingerprint density at radius 1 is 1.32 bits per heavy atom. The van der Waals surface area contributed by atoms with Crippen LogP contribution in [0.1, 0.15) is 37.7 Å². The standard InChI is InChI=1S/C16H22N2O3S/c1-10-2-5-14(9-15(10)22(17,20)21)18-16(19)8-13-7-11-3-4-12(13)6-11/h2,5,9,11-13H,3-4,6-8H2,1H3,(H,18,19)(H2,17,20,21)/t11-,12+,13-/m0/s1. The second kappa shape index (κ2) is 5.66. The van der Waals surface area contributed by atoms with Crippen molar-refractivity contribution in [1.82, 2.24) is 0 Å². The highest BCUT2D eigenvalue weighted by Gasteiger charge is 2.40. The third-order valence-corrected chi connectivity index (χ3v) is 6.16. The van der Waals surface area contributed by atoms with Crippen LogP contribution in [0.5, 0.6) is 0 Å². The zero-order valence-corrected chi connectivity index (χ0v) is 13.5. The van der Waals surface area contributed by atoms with Crippen LogP contribution in [0.15, 0.2) is 23.1 Å². The fourth-order valence-electron chi connectivity index (χ4n) is 4.06. The minimum atomic E-state index is -3.77. The first-order chi connectivity index (χ1) is 10.3. The number of carbonyl (C=O) groups excluding carboxylic acids is 1. The van der Waals surface area contributed by atoms with E-state index in [0.717, 1.165) is 12.3 Å². The van der Waals surface area contributed by atoms with Gasteiger partial charge in [0, 0.05) is 12.1 Å². The number of rotatable bonds is 4. The topological polar surface area (TPSA) is 89.3 Å². The number of nitrogens with two attached hydrogens (primary N) is 1. The molecule has 1 aromatic rings. The van der Waals surface area contributed by atoms with Crippen LogP contribution in [-0.4, -0.2) is 14.3 Å². The SMILES string of the molecule is Cc1ccc(NC(=O)C[C@@H]2C[C@H]3CC[C@@H]2C3)cc1S(N)(=O)=O. The van der Waals surface area contributed by atoms with Gasteiger partial charge in [-0.25, -0.2) is 13.6 Å². The molecule has 0 spiro atoms. The van der Waals surface area contributed by atoms with Crippen LogP contribution in [0.4, 0.5) is 5.69 Å². The highest BCUT2D eigenvalue weighted by molar-refractivity contribution is 7.89. The van der Waals surface area contributed by atoms with Gasteiger partial charge in [0.1, 0.15) is 0 Å². The summed E-state index contributed by atoms with van der Waals surface area (Å²) in [6.07, 6.45) is 5.54. The lowest BCUT2D eigenvalue weighted by Crippen LogP contribution is -2.20. The molecule has 120 valence electrons. The van der Waals surface area contributed by atoms with E-state index >= 15 is 0 Å². The largest absolute Gasteiger partial charge is 0.326 e. The monoisotopic (exact) mass is 322 g/mol. The van der Waals surface area contributed by atoms with Crippen molar-refractivity contribution in [3.63, 3.8) is 0 Å². The quantitative estimate of drug-likeness (QED) is 0.892. The van der Waals surface area contributed by atoms with Gasteiger partial charge in [-0.3, -0.25) is 4.79 Å². The Morgan fingerprint density at radius 2 is 2.09 bits per heavy atom. The average molecular weight is 322 g/mol. The summed E-state index contributed by atoms with van der Waals surface area (Å²) in [4.78, 5) is 12.3.